The Labute approximate surface area is 247 Å². The van der Waals surface area contributed by atoms with Gasteiger partial charge in [0.15, 0.2) is 11.7 Å². The molecule has 1 saturated carbocycles. The molecule has 2 N–H and O–H groups in total. The third kappa shape index (κ3) is 6.22. The molecular weight excluding hydrogens is 520 g/mol. The van der Waals surface area contributed by atoms with E-state index in [1.165, 1.54) is 0 Å². The van der Waals surface area contributed by atoms with Crippen molar-refractivity contribution in [2.45, 2.75) is 44.6 Å². The number of carbonyl (C=O) groups excluding carboxylic acids is 1. The van der Waals surface area contributed by atoms with Crippen LogP contribution in [0.2, 0.25) is 0 Å². The average Bonchev–Trinajstić information content (AvgIpc) is 3.70. The normalized spacial score (nSPS) is 16.4. The Kier molecular flexibility index (Phi) is 8.57. The van der Waals surface area contributed by atoms with Gasteiger partial charge in [-0.25, -0.2) is 4.98 Å². The number of hydrogen-bond acceptors (Lipinski definition) is 4. The maximum absolute atomic E-state index is 13.0. The highest BCUT2D eigenvalue weighted by atomic mass is 16.4. The first-order valence-corrected chi connectivity index (χ1v) is 14.9. The molecule has 1 fully saturated rings. The van der Waals surface area contributed by atoms with Crippen LogP contribution in [0.5, 0.6) is 0 Å². The van der Waals surface area contributed by atoms with Gasteiger partial charge in [0.1, 0.15) is 5.69 Å². The predicted molar refractivity (Wildman–Crippen MR) is 166 cm³/mol. The van der Waals surface area contributed by atoms with Gasteiger partial charge < -0.3 is 14.8 Å². The summed E-state index contributed by atoms with van der Waals surface area (Å²) in [6.45, 7) is 0.519. The minimum absolute atomic E-state index is 0.00296. The van der Waals surface area contributed by atoms with Crippen LogP contribution in [0.15, 0.2) is 114 Å². The van der Waals surface area contributed by atoms with E-state index in [1.807, 2.05) is 78.9 Å². The third-order valence-electron chi connectivity index (χ3n) is 8.36. The maximum atomic E-state index is 13.0. The molecule has 5 aromatic rings. The number of carbonyl (C=O) groups is 1. The van der Waals surface area contributed by atoms with Crippen molar-refractivity contribution < 1.29 is 14.3 Å². The number of aliphatic hydroxyl groups excluding tert-OH is 1. The van der Waals surface area contributed by atoms with Crippen LogP contribution in [0.3, 0.4) is 0 Å². The highest BCUT2D eigenvalue weighted by Crippen LogP contribution is 2.44. The minimum Gasteiger partial charge on any atom is -0.440 e. The molecule has 0 unspecified atom stereocenters. The lowest BCUT2D eigenvalue weighted by Crippen LogP contribution is -2.26. The molecule has 1 aliphatic carbocycles. The summed E-state index contributed by atoms with van der Waals surface area (Å²) in [6.07, 6.45) is 4.84. The van der Waals surface area contributed by atoms with E-state index in [-0.39, 0.29) is 18.4 Å². The monoisotopic (exact) mass is 556 g/mol. The van der Waals surface area contributed by atoms with Crippen LogP contribution in [0.25, 0.3) is 22.6 Å². The second-order valence-corrected chi connectivity index (χ2v) is 11.1. The number of aromatic nitrogens is 1. The molecule has 5 heteroatoms. The van der Waals surface area contributed by atoms with Crippen LogP contribution >= 0.6 is 0 Å². The van der Waals surface area contributed by atoms with Crippen molar-refractivity contribution in [2.24, 2.45) is 5.92 Å². The number of rotatable bonds is 10. The lowest BCUT2D eigenvalue weighted by atomic mass is 9.89. The molecular formula is C37H36N2O3. The summed E-state index contributed by atoms with van der Waals surface area (Å²) in [5.41, 5.74) is 6.76. The van der Waals surface area contributed by atoms with Crippen LogP contribution in [0.1, 0.15) is 58.1 Å². The minimum atomic E-state index is -0.0750. The first kappa shape index (κ1) is 27.7. The molecule has 212 valence electrons. The molecule has 42 heavy (non-hydrogen) atoms. The Bertz CT molecular complexity index is 1570. The van der Waals surface area contributed by atoms with E-state index in [0.717, 1.165) is 70.8 Å². The van der Waals surface area contributed by atoms with Gasteiger partial charge >= 0.3 is 0 Å². The highest BCUT2D eigenvalue weighted by Gasteiger charge is 2.33. The fourth-order valence-corrected chi connectivity index (χ4v) is 6.19. The van der Waals surface area contributed by atoms with E-state index in [9.17, 15) is 9.90 Å². The summed E-state index contributed by atoms with van der Waals surface area (Å²) in [4.78, 5) is 18.1. The quantitative estimate of drug-likeness (QED) is 0.186. The zero-order chi connectivity index (χ0) is 28.7. The summed E-state index contributed by atoms with van der Waals surface area (Å²) in [7, 11) is 0. The number of benzene rings is 4. The molecule has 0 saturated heterocycles. The molecule has 5 nitrogen and oxygen atoms in total. The Balaban J connectivity index is 1.17. The Morgan fingerprint density at radius 3 is 2.31 bits per heavy atom. The van der Waals surface area contributed by atoms with Crippen molar-refractivity contribution in [1.29, 1.82) is 0 Å². The Hall–Kier alpha value is -4.48. The van der Waals surface area contributed by atoms with Crippen LogP contribution in [0.4, 0.5) is 0 Å². The summed E-state index contributed by atoms with van der Waals surface area (Å²) in [6, 6.07) is 36.3. The van der Waals surface area contributed by atoms with Gasteiger partial charge in [0.05, 0.1) is 6.61 Å². The van der Waals surface area contributed by atoms with Gasteiger partial charge in [0.25, 0.3) is 5.91 Å². The largest absolute Gasteiger partial charge is 0.440 e. The zero-order valence-electron chi connectivity index (χ0n) is 23.7. The van der Waals surface area contributed by atoms with Gasteiger partial charge in [-0.15, -0.1) is 0 Å². The number of oxazole rings is 1. The van der Waals surface area contributed by atoms with Gasteiger partial charge in [-0.2, -0.15) is 0 Å². The Morgan fingerprint density at radius 1 is 0.833 bits per heavy atom. The molecule has 2 atom stereocenters. The van der Waals surface area contributed by atoms with Gasteiger partial charge in [-0.05, 0) is 60.4 Å². The number of aliphatic hydroxyl groups is 1. The van der Waals surface area contributed by atoms with Gasteiger partial charge in [-0.3, -0.25) is 4.79 Å². The molecule has 1 aliphatic rings. The highest BCUT2D eigenvalue weighted by molar-refractivity contribution is 5.94. The second-order valence-electron chi connectivity index (χ2n) is 11.1. The maximum Gasteiger partial charge on any atom is 0.251 e. The molecule has 0 radical (unpaired) electrons. The number of nitrogens with one attached hydrogen (secondary N) is 1. The summed E-state index contributed by atoms with van der Waals surface area (Å²) in [5.74, 6) is 2.18. The van der Waals surface area contributed by atoms with Gasteiger partial charge in [0.2, 0.25) is 0 Å². The van der Waals surface area contributed by atoms with Crippen molar-refractivity contribution in [3.05, 3.63) is 137 Å². The summed E-state index contributed by atoms with van der Waals surface area (Å²) in [5, 5.41) is 12.6. The van der Waals surface area contributed by atoms with E-state index < -0.39 is 0 Å². The van der Waals surface area contributed by atoms with Crippen molar-refractivity contribution in [1.82, 2.24) is 10.3 Å². The van der Waals surface area contributed by atoms with E-state index in [0.29, 0.717) is 24.4 Å². The number of hydrogen-bond donors (Lipinski definition) is 2. The first-order chi connectivity index (χ1) is 20.7. The smallest absolute Gasteiger partial charge is 0.251 e. The first-order valence-electron chi connectivity index (χ1n) is 14.9. The fourth-order valence-electron chi connectivity index (χ4n) is 6.19. The standard InChI is InChI=1S/C37H36N2O3/c40-25-32-17-8-7-12-27(32)21-22-38-36(41)31-19-9-11-26(24-31)23-30-18-10-20-33(30)37-39-34(28-13-3-1-4-14-28)35(42-37)29-15-5-2-6-16-29/h1-9,11-17,19,24,30,33,40H,10,18,20-23,25H2,(H,38,41)/t30-,33+/m0/s1. The van der Waals surface area contributed by atoms with E-state index in [1.54, 1.807) is 0 Å². The van der Waals surface area contributed by atoms with Crippen molar-refractivity contribution in [3.8, 4) is 22.6 Å². The zero-order valence-corrected chi connectivity index (χ0v) is 23.7. The number of amides is 1. The van der Waals surface area contributed by atoms with Crippen LogP contribution in [-0.2, 0) is 19.4 Å². The molecule has 0 spiro atoms. The topological polar surface area (TPSA) is 75.4 Å². The van der Waals surface area contributed by atoms with E-state index in [4.69, 9.17) is 9.40 Å². The molecule has 1 aromatic heterocycles. The lowest BCUT2D eigenvalue weighted by Gasteiger charge is -2.17. The molecule has 0 bridgehead atoms. The third-order valence-corrected chi connectivity index (χ3v) is 8.36. The van der Waals surface area contributed by atoms with Gasteiger partial charge in [-0.1, -0.05) is 103 Å². The van der Waals surface area contributed by atoms with Crippen molar-refractivity contribution in [3.63, 3.8) is 0 Å². The second kappa shape index (κ2) is 13.0. The molecule has 6 rings (SSSR count). The summed E-state index contributed by atoms with van der Waals surface area (Å²) < 4.78 is 6.58. The summed E-state index contributed by atoms with van der Waals surface area (Å²) >= 11 is 0. The predicted octanol–water partition coefficient (Wildman–Crippen LogP) is 7.60. The lowest BCUT2D eigenvalue weighted by molar-refractivity contribution is 0.0954. The van der Waals surface area contributed by atoms with Crippen molar-refractivity contribution >= 4 is 5.91 Å². The molecule has 4 aromatic carbocycles. The van der Waals surface area contributed by atoms with Crippen LogP contribution in [-0.4, -0.2) is 22.5 Å². The fraction of sp³-hybridized carbons (Fsp3) is 0.243. The van der Waals surface area contributed by atoms with E-state index >= 15 is 0 Å². The number of nitrogens with zero attached hydrogens (tertiary/aromatic N) is 1. The molecule has 1 heterocycles. The molecule has 1 amide bonds. The van der Waals surface area contributed by atoms with Crippen LogP contribution in [0, 0.1) is 5.92 Å². The molecule has 0 aliphatic heterocycles. The van der Waals surface area contributed by atoms with Crippen LogP contribution < -0.4 is 5.32 Å². The van der Waals surface area contributed by atoms with E-state index in [2.05, 4.69) is 35.6 Å². The van der Waals surface area contributed by atoms with Crippen molar-refractivity contribution in [2.75, 3.05) is 6.54 Å². The average molecular weight is 557 g/mol. The SMILES string of the molecule is O=C(NCCc1ccccc1CO)c1cccc(C[C@@H]2CCC[C@H]2c2nc(-c3ccccc3)c(-c3ccccc3)o2)c1. The Morgan fingerprint density at radius 2 is 1.55 bits per heavy atom. The van der Waals surface area contributed by atoms with Gasteiger partial charge in [0, 0.05) is 29.2 Å².